The van der Waals surface area contributed by atoms with Crippen LogP contribution in [0.1, 0.15) is 47.5 Å². The van der Waals surface area contributed by atoms with Crippen molar-refractivity contribution in [2.45, 2.75) is 57.4 Å². The van der Waals surface area contributed by atoms with E-state index in [1.165, 1.54) is 16.7 Å². The summed E-state index contributed by atoms with van der Waals surface area (Å²) in [6.07, 6.45) is 2.33. The molecule has 0 rings (SSSR count). The van der Waals surface area contributed by atoms with Gasteiger partial charge in [-0.2, -0.15) is 0 Å². The topological polar surface area (TPSA) is 0 Å². The first-order valence-corrected chi connectivity index (χ1v) is 6.32. The van der Waals surface area contributed by atoms with Gasteiger partial charge in [0.1, 0.15) is 0 Å². The molecule has 0 saturated carbocycles. The number of halogens is 1. The predicted molar refractivity (Wildman–Crippen MR) is 62.3 cm³/mol. The molecule has 0 aliphatic carbocycles. The van der Waals surface area contributed by atoms with E-state index in [2.05, 4.69) is 34.6 Å². The van der Waals surface area contributed by atoms with E-state index in [0.29, 0.717) is 11.0 Å². The van der Waals surface area contributed by atoms with Gasteiger partial charge in [-0.15, -0.1) is 11.6 Å². The van der Waals surface area contributed by atoms with Gasteiger partial charge in [-0.1, -0.05) is 41.0 Å². The number of hydrogen-bond acceptors (Lipinski definition) is 0. The highest BCUT2D eigenvalue weighted by Crippen LogP contribution is 2.48. The largest absolute Gasteiger partial charge is 0.119 e. The molecule has 0 aromatic carbocycles. The Morgan fingerprint density at radius 1 is 1.33 bits per heavy atom. The maximum Gasteiger partial charge on any atom is 0.0487 e. The zero-order valence-corrected chi connectivity index (χ0v) is 12.1. The van der Waals surface area contributed by atoms with Crippen LogP contribution in [-0.2, 0) is 0 Å². The summed E-state index contributed by atoms with van der Waals surface area (Å²) in [4.78, 5) is 0.0218. The lowest BCUT2D eigenvalue weighted by Gasteiger charge is -2.43. The molecule has 1 atom stereocenters. The lowest BCUT2D eigenvalue weighted by molar-refractivity contribution is 0.317. The average molecular weight is 207 g/mol. The van der Waals surface area contributed by atoms with Crippen LogP contribution in [0.5, 0.6) is 0 Å². The highest BCUT2D eigenvalue weighted by molar-refractivity contribution is 6.31. The zero-order chi connectivity index (χ0) is 9.99. The molecule has 0 aliphatic rings. The molecule has 0 heterocycles. The molecule has 0 amide bonds. The Labute approximate surface area is 85.5 Å². The minimum absolute atomic E-state index is 0.0218. The minimum atomic E-state index is 0.0218. The van der Waals surface area contributed by atoms with Crippen molar-refractivity contribution in [1.82, 2.24) is 0 Å². The zero-order valence-electron chi connectivity index (χ0n) is 9.37. The molecule has 0 fully saturated rings. The Bertz CT molecular complexity index is 137. The van der Waals surface area contributed by atoms with E-state index >= 15 is 0 Å². The summed E-state index contributed by atoms with van der Waals surface area (Å²) in [5, 5.41) is 0.332. The molecule has 0 nitrogen and oxygen atoms in total. The van der Waals surface area contributed by atoms with Crippen LogP contribution >= 0.6 is 11.6 Å². The smallest absolute Gasteiger partial charge is 0.0487 e. The van der Waals surface area contributed by atoms with E-state index in [4.69, 9.17) is 11.6 Å². The van der Waals surface area contributed by atoms with Gasteiger partial charge >= 0.3 is 0 Å². The standard InChI is InChI=1S/C10H23ClSi/c1-6-7-10(11,8(2)3)9(4,5)12/h8H,6-7H2,1-5,12H3. The second-order valence-electron chi connectivity index (χ2n) is 5.02. The van der Waals surface area contributed by atoms with Crippen LogP contribution in [0.15, 0.2) is 0 Å². The highest BCUT2D eigenvalue weighted by atomic mass is 35.5. The Kier molecular flexibility index (Phi) is 4.32. The van der Waals surface area contributed by atoms with Crippen molar-refractivity contribution in [3.8, 4) is 0 Å². The van der Waals surface area contributed by atoms with Crippen LogP contribution < -0.4 is 0 Å². The van der Waals surface area contributed by atoms with Crippen molar-refractivity contribution < 1.29 is 0 Å². The molecule has 1 unspecified atom stereocenters. The molecule has 0 bridgehead atoms. The summed E-state index contributed by atoms with van der Waals surface area (Å²) in [5.74, 6) is 0.576. The molecule has 0 saturated heterocycles. The fraction of sp³-hybridized carbons (Fsp3) is 1.00. The summed E-state index contributed by atoms with van der Waals surface area (Å²) >= 11 is 6.69. The van der Waals surface area contributed by atoms with E-state index in [-0.39, 0.29) is 4.87 Å². The molecule has 0 aromatic heterocycles. The van der Waals surface area contributed by atoms with E-state index in [1.54, 1.807) is 0 Å². The van der Waals surface area contributed by atoms with Crippen LogP contribution in [0.2, 0.25) is 5.04 Å². The van der Waals surface area contributed by atoms with Crippen molar-refractivity contribution in [2.24, 2.45) is 5.92 Å². The molecule has 0 aliphatic heterocycles. The Morgan fingerprint density at radius 2 is 1.75 bits per heavy atom. The Balaban J connectivity index is 4.62. The van der Waals surface area contributed by atoms with Crippen LogP contribution in [0, 0.1) is 5.92 Å². The van der Waals surface area contributed by atoms with Gasteiger partial charge in [-0.25, -0.2) is 0 Å². The summed E-state index contributed by atoms with van der Waals surface area (Å²) in [6, 6.07) is 0. The number of rotatable bonds is 4. The summed E-state index contributed by atoms with van der Waals surface area (Å²) in [5.41, 5.74) is 0. The molecule has 0 radical (unpaired) electrons. The molecule has 74 valence electrons. The fourth-order valence-electron chi connectivity index (χ4n) is 1.89. The SMILES string of the molecule is CCCC(Cl)(C(C)C)C(C)(C)[SiH3]. The first kappa shape index (κ1) is 12.5. The normalized spacial score (nSPS) is 18.2. The first-order chi connectivity index (χ1) is 5.25. The average Bonchev–Trinajstić information content (AvgIpc) is 1.85. The van der Waals surface area contributed by atoms with Gasteiger partial charge in [0.15, 0.2) is 0 Å². The maximum atomic E-state index is 6.69. The van der Waals surface area contributed by atoms with E-state index < -0.39 is 0 Å². The Hall–Kier alpha value is 0.507. The second-order valence-corrected chi connectivity index (χ2v) is 8.19. The van der Waals surface area contributed by atoms with Gasteiger partial charge in [0.05, 0.1) is 0 Å². The molecular formula is C10H23ClSi. The molecule has 0 N–H and O–H groups in total. The predicted octanol–water partition coefficient (Wildman–Crippen LogP) is 2.98. The quantitative estimate of drug-likeness (QED) is 0.490. The Morgan fingerprint density at radius 3 is 1.83 bits per heavy atom. The second kappa shape index (κ2) is 4.14. The third-order valence-electron chi connectivity index (χ3n) is 2.78. The molecule has 0 spiro atoms. The third kappa shape index (κ3) is 2.50. The van der Waals surface area contributed by atoms with Gasteiger partial charge in [0.25, 0.3) is 0 Å². The maximum absolute atomic E-state index is 6.69. The van der Waals surface area contributed by atoms with Crippen LogP contribution in [-0.4, -0.2) is 15.1 Å². The van der Waals surface area contributed by atoms with Crippen molar-refractivity contribution in [3.05, 3.63) is 0 Å². The molecular weight excluding hydrogens is 184 g/mol. The van der Waals surface area contributed by atoms with Crippen LogP contribution in [0.3, 0.4) is 0 Å². The minimum Gasteiger partial charge on any atom is -0.119 e. The van der Waals surface area contributed by atoms with Gasteiger partial charge in [-0.3, -0.25) is 0 Å². The summed E-state index contributed by atoms with van der Waals surface area (Å²) in [6.45, 7) is 11.3. The van der Waals surface area contributed by atoms with E-state index in [9.17, 15) is 0 Å². The van der Waals surface area contributed by atoms with Gasteiger partial charge < -0.3 is 0 Å². The lowest BCUT2D eigenvalue weighted by atomic mass is 9.80. The van der Waals surface area contributed by atoms with Gasteiger partial charge in [-0.05, 0) is 17.4 Å². The third-order valence-corrected chi connectivity index (χ3v) is 5.18. The number of alkyl halides is 1. The van der Waals surface area contributed by atoms with Crippen molar-refractivity contribution >= 4 is 21.8 Å². The van der Waals surface area contributed by atoms with Gasteiger partial charge in [0.2, 0.25) is 0 Å². The first-order valence-electron chi connectivity index (χ1n) is 4.94. The molecule has 0 aromatic rings. The summed E-state index contributed by atoms with van der Waals surface area (Å²) < 4.78 is 0. The van der Waals surface area contributed by atoms with Gasteiger partial charge in [0, 0.05) is 15.1 Å². The van der Waals surface area contributed by atoms with E-state index in [1.807, 2.05) is 0 Å². The molecule has 2 heteroatoms. The van der Waals surface area contributed by atoms with Crippen LogP contribution in [0.4, 0.5) is 0 Å². The lowest BCUT2D eigenvalue weighted by Crippen LogP contribution is -2.39. The highest BCUT2D eigenvalue weighted by Gasteiger charge is 2.41. The fourth-order valence-corrected chi connectivity index (χ4v) is 2.91. The summed E-state index contributed by atoms with van der Waals surface area (Å²) in [7, 11) is 1.17. The number of hydrogen-bond donors (Lipinski definition) is 0. The van der Waals surface area contributed by atoms with Crippen molar-refractivity contribution in [2.75, 3.05) is 0 Å². The monoisotopic (exact) mass is 206 g/mol. The van der Waals surface area contributed by atoms with E-state index in [0.717, 1.165) is 6.42 Å². The van der Waals surface area contributed by atoms with Crippen molar-refractivity contribution in [1.29, 1.82) is 0 Å². The molecule has 12 heavy (non-hydrogen) atoms. The van der Waals surface area contributed by atoms with Crippen molar-refractivity contribution in [3.63, 3.8) is 0 Å². The van der Waals surface area contributed by atoms with Crippen LogP contribution in [0.25, 0.3) is 0 Å².